The van der Waals surface area contributed by atoms with Crippen LogP contribution in [0.5, 0.6) is 0 Å². The van der Waals surface area contributed by atoms with Crippen molar-refractivity contribution in [3.63, 3.8) is 0 Å². The van der Waals surface area contributed by atoms with Gasteiger partial charge in [0.15, 0.2) is 5.96 Å². The molecule has 2 N–H and O–H groups in total. The van der Waals surface area contributed by atoms with E-state index >= 15 is 0 Å². The molecule has 0 aliphatic carbocycles. The second-order valence-corrected chi connectivity index (χ2v) is 7.41. The molecule has 0 radical (unpaired) electrons. The lowest BCUT2D eigenvalue weighted by atomic mass is 10.00. The fraction of sp³-hybridized carbons (Fsp3) is 0.500. The summed E-state index contributed by atoms with van der Waals surface area (Å²) in [6.07, 6.45) is 0. The number of fused-ring (bicyclic) bond motifs is 1. The van der Waals surface area contributed by atoms with Gasteiger partial charge in [-0.1, -0.05) is 49.4 Å². The zero-order valence-electron chi connectivity index (χ0n) is 17.1. The average molecular weight is 496 g/mol. The van der Waals surface area contributed by atoms with Crippen molar-refractivity contribution in [1.82, 2.24) is 15.5 Å². The number of guanidine groups is 1. The lowest BCUT2D eigenvalue weighted by Crippen LogP contribution is -2.44. The average Bonchev–Trinajstić information content (AvgIpc) is 2.71. The topological polar surface area (TPSA) is 48.9 Å². The predicted octanol–water partition coefficient (Wildman–Crippen LogP) is 3.65. The Kier molecular flexibility index (Phi) is 9.47. The van der Waals surface area contributed by atoms with Gasteiger partial charge < -0.3 is 15.4 Å². The summed E-state index contributed by atoms with van der Waals surface area (Å²) in [7, 11) is 1.83. The van der Waals surface area contributed by atoms with Crippen molar-refractivity contribution >= 4 is 40.7 Å². The Hall–Kier alpha value is -1.38. The maximum Gasteiger partial charge on any atom is 0.191 e. The van der Waals surface area contributed by atoms with Gasteiger partial charge in [0.25, 0.3) is 0 Å². The van der Waals surface area contributed by atoms with Crippen molar-refractivity contribution in [3.05, 3.63) is 48.0 Å². The molecule has 1 fully saturated rings. The summed E-state index contributed by atoms with van der Waals surface area (Å²) in [6.45, 7) is 10.2. The Morgan fingerprint density at radius 3 is 2.57 bits per heavy atom. The molecule has 2 unspecified atom stereocenters. The highest BCUT2D eigenvalue weighted by Gasteiger charge is 2.15. The van der Waals surface area contributed by atoms with E-state index in [1.807, 2.05) is 7.05 Å². The van der Waals surface area contributed by atoms with E-state index in [1.54, 1.807) is 0 Å². The number of rotatable bonds is 6. The van der Waals surface area contributed by atoms with E-state index < -0.39 is 0 Å². The number of hydrogen-bond acceptors (Lipinski definition) is 3. The van der Waals surface area contributed by atoms with Crippen LogP contribution in [0.4, 0.5) is 0 Å². The maximum absolute atomic E-state index is 5.43. The Morgan fingerprint density at radius 2 is 1.82 bits per heavy atom. The molecular formula is C22H33IN4O. The highest BCUT2D eigenvalue weighted by Crippen LogP contribution is 2.23. The monoisotopic (exact) mass is 496 g/mol. The second kappa shape index (κ2) is 11.6. The van der Waals surface area contributed by atoms with E-state index in [0.29, 0.717) is 5.92 Å². The zero-order chi connectivity index (χ0) is 19.1. The highest BCUT2D eigenvalue weighted by atomic mass is 127. The van der Waals surface area contributed by atoms with E-state index in [4.69, 9.17) is 4.74 Å². The molecule has 154 valence electrons. The number of nitrogens with one attached hydrogen (secondary N) is 2. The largest absolute Gasteiger partial charge is 0.379 e. The SMILES string of the molecule is CN=C(NCC(C)CN1CCOCC1)NC(C)c1cccc2ccccc12.I. The molecule has 1 aliphatic rings. The molecule has 0 bridgehead atoms. The lowest BCUT2D eigenvalue weighted by Gasteiger charge is -2.29. The minimum Gasteiger partial charge on any atom is -0.379 e. The molecule has 1 saturated heterocycles. The van der Waals surface area contributed by atoms with Gasteiger partial charge in [0.1, 0.15) is 0 Å². The number of benzene rings is 2. The van der Waals surface area contributed by atoms with E-state index in [2.05, 4.69) is 76.8 Å². The Labute approximate surface area is 185 Å². The summed E-state index contributed by atoms with van der Waals surface area (Å²) >= 11 is 0. The number of nitrogens with zero attached hydrogens (tertiary/aromatic N) is 2. The summed E-state index contributed by atoms with van der Waals surface area (Å²) in [6, 6.07) is 15.2. The maximum atomic E-state index is 5.43. The summed E-state index contributed by atoms with van der Waals surface area (Å²) in [4.78, 5) is 6.89. The number of halogens is 1. The molecule has 2 aromatic rings. The Balaban J connectivity index is 0.00000280. The molecule has 0 amide bonds. The molecule has 0 saturated carbocycles. The first-order valence-corrected chi connectivity index (χ1v) is 9.92. The van der Waals surface area contributed by atoms with Crippen molar-refractivity contribution in [1.29, 1.82) is 0 Å². The predicted molar refractivity (Wildman–Crippen MR) is 129 cm³/mol. The van der Waals surface area contributed by atoms with E-state index in [0.717, 1.165) is 45.4 Å². The molecule has 1 aliphatic heterocycles. The van der Waals surface area contributed by atoms with Gasteiger partial charge in [0.05, 0.1) is 19.3 Å². The standard InChI is InChI=1S/C22H32N4O.HI/c1-17(16-26-11-13-27-14-12-26)15-24-22(23-3)25-18(2)20-10-6-8-19-7-4-5-9-21(19)20;/h4-10,17-18H,11-16H2,1-3H3,(H2,23,24,25);1H. The first kappa shape index (κ1) is 22.9. The molecule has 1 heterocycles. The first-order valence-electron chi connectivity index (χ1n) is 9.92. The van der Waals surface area contributed by atoms with Crippen LogP contribution in [0.1, 0.15) is 25.5 Å². The zero-order valence-corrected chi connectivity index (χ0v) is 19.5. The molecule has 5 nitrogen and oxygen atoms in total. The van der Waals surface area contributed by atoms with Crippen LogP contribution in [0.25, 0.3) is 10.8 Å². The van der Waals surface area contributed by atoms with Crippen LogP contribution >= 0.6 is 24.0 Å². The third-order valence-electron chi connectivity index (χ3n) is 5.16. The van der Waals surface area contributed by atoms with E-state index in [9.17, 15) is 0 Å². The quantitative estimate of drug-likeness (QED) is 0.364. The molecule has 6 heteroatoms. The van der Waals surface area contributed by atoms with Crippen LogP contribution in [0.3, 0.4) is 0 Å². The van der Waals surface area contributed by atoms with Gasteiger partial charge in [-0.2, -0.15) is 0 Å². The van der Waals surface area contributed by atoms with E-state index in [-0.39, 0.29) is 30.0 Å². The van der Waals surface area contributed by atoms with Crippen molar-refractivity contribution in [2.45, 2.75) is 19.9 Å². The minimum absolute atomic E-state index is 0. The van der Waals surface area contributed by atoms with Crippen LogP contribution in [0.2, 0.25) is 0 Å². The molecule has 2 aromatic carbocycles. The van der Waals surface area contributed by atoms with Crippen LogP contribution < -0.4 is 10.6 Å². The third kappa shape index (κ3) is 6.32. The normalized spacial score (nSPS) is 17.6. The van der Waals surface area contributed by atoms with Crippen LogP contribution in [-0.2, 0) is 4.74 Å². The van der Waals surface area contributed by atoms with Gasteiger partial charge in [-0.05, 0) is 29.2 Å². The Bertz CT molecular complexity index is 756. The summed E-state index contributed by atoms with van der Waals surface area (Å²) in [5.41, 5.74) is 1.29. The smallest absolute Gasteiger partial charge is 0.191 e. The Morgan fingerprint density at radius 1 is 1.11 bits per heavy atom. The molecule has 2 atom stereocenters. The van der Waals surface area contributed by atoms with Gasteiger partial charge >= 0.3 is 0 Å². The third-order valence-corrected chi connectivity index (χ3v) is 5.16. The van der Waals surface area contributed by atoms with Crippen molar-refractivity contribution in [2.24, 2.45) is 10.9 Å². The van der Waals surface area contributed by atoms with E-state index in [1.165, 1.54) is 16.3 Å². The van der Waals surface area contributed by atoms with Crippen molar-refractivity contribution in [2.75, 3.05) is 46.4 Å². The van der Waals surface area contributed by atoms with Gasteiger partial charge in [-0.3, -0.25) is 9.89 Å². The fourth-order valence-corrected chi connectivity index (χ4v) is 3.67. The second-order valence-electron chi connectivity index (χ2n) is 7.41. The number of morpholine rings is 1. The van der Waals surface area contributed by atoms with Crippen molar-refractivity contribution in [3.8, 4) is 0 Å². The lowest BCUT2D eigenvalue weighted by molar-refractivity contribution is 0.0320. The number of ether oxygens (including phenoxy) is 1. The molecule has 0 spiro atoms. The number of hydrogen-bond donors (Lipinski definition) is 2. The summed E-state index contributed by atoms with van der Waals surface area (Å²) in [5.74, 6) is 1.40. The summed E-state index contributed by atoms with van der Waals surface area (Å²) in [5, 5.41) is 9.59. The van der Waals surface area contributed by atoms with Gasteiger partial charge in [-0.15, -0.1) is 24.0 Å². The molecular weight excluding hydrogens is 463 g/mol. The van der Waals surface area contributed by atoms with Crippen LogP contribution in [-0.4, -0.2) is 57.3 Å². The minimum atomic E-state index is 0. The van der Waals surface area contributed by atoms with Gasteiger partial charge in [0.2, 0.25) is 0 Å². The summed E-state index contributed by atoms with van der Waals surface area (Å²) < 4.78 is 5.43. The number of aliphatic imine (C=N–C) groups is 1. The molecule has 3 rings (SSSR count). The van der Waals surface area contributed by atoms with Crippen molar-refractivity contribution < 1.29 is 4.74 Å². The molecule has 0 aromatic heterocycles. The fourth-order valence-electron chi connectivity index (χ4n) is 3.67. The van der Waals surface area contributed by atoms with Crippen LogP contribution in [0, 0.1) is 5.92 Å². The first-order chi connectivity index (χ1) is 13.2. The van der Waals surface area contributed by atoms with Crippen LogP contribution in [0.15, 0.2) is 47.5 Å². The highest BCUT2D eigenvalue weighted by molar-refractivity contribution is 14.0. The van der Waals surface area contributed by atoms with Gasteiger partial charge in [0, 0.05) is 33.2 Å². The molecule has 28 heavy (non-hydrogen) atoms. The van der Waals surface area contributed by atoms with Gasteiger partial charge in [-0.25, -0.2) is 0 Å².